The third kappa shape index (κ3) is 53.4. The van der Waals surface area contributed by atoms with Crippen molar-refractivity contribution in [1.29, 1.82) is 0 Å². The van der Waals surface area contributed by atoms with Crippen LogP contribution in [0.2, 0.25) is 0 Å². The van der Waals surface area contributed by atoms with Crippen LogP contribution in [0.5, 0.6) is 0 Å². The molecule has 392 valence electrons. The van der Waals surface area contributed by atoms with Gasteiger partial charge < -0.3 is 14.2 Å². The number of carbonyl (C=O) groups excluding carboxylic acids is 3. The zero-order valence-electron chi connectivity index (χ0n) is 45.3. The Kier molecular flexibility index (Phi) is 51.5. The Bertz CT molecular complexity index is 1010. The summed E-state index contributed by atoms with van der Waals surface area (Å²) in [4.78, 5) is 38.2. The van der Waals surface area contributed by atoms with E-state index in [1.807, 2.05) is 0 Å². The van der Waals surface area contributed by atoms with E-state index in [9.17, 15) is 14.4 Å². The van der Waals surface area contributed by atoms with Crippen LogP contribution in [0.1, 0.15) is 336 Å². The van der Waals surface area contributed by atoms with Crippen LogP contribution in [-0.4, -0.2) is 37.2 Å². The number of hydrogen-bond donors (Lipinski definition) is 0. The maximum atomic E-state index is 12.9. The fraction of sp³-hybridized carbons (Fsp3) is 0.950. The molecule has 0 aliphatic heterocycles. The van der Waals surface area contributed by atoms with Gasteiger partial charge in [0.25, 0.3) is 0 Å². The Morgan fingerprint density at radius 3 is 0.742 bits per heavy atom. The van der Waals surface area contributed by atoms with Gasteiger partial charge in [-0.3, -0.25) is 14.4 Å². The molecule has 0 aromatic carbocycles. The number of rotatable bonds is 54. The highest BCUT2D eigenvalue weighted by atomic mass is 16.6. The first-order valence-corrected chi connectivity index (χ1v) is 29.7. The molecule has 0 unspecified atom stereocenters. The summed E-state index contributed by atoms with van der Waals surface area (Å²) in [6, 6.07) is 0. The van der Waals surface area contributed by atoms with Crippen LogP contribution in [0.4, 0.5) is 0 Å². The molecule has 0 saturated heterocycles. The quantitative estimate of drug-likeness (QED) is 0.0343. The van der Waals surface area contributed by atoms with E-state index in [0.717, 1.165) is 69.6 Å². The molecule has 6 heteroatoms. The largest absolute Gasteiger partial charge is 0.462 e. The average Bonchev–Trinajstić information content (AvgIpc) is 3.29. The fourth-order valence-corrected chi connectivity index (χ4v) is 9.23. The molecule has 66 heavy (non-hydrogen) atoms. The van der Waals surface area contributed by atoms with E-state index in [2.05, 4.69) is 34.6 Å². The molecular weight excluding hydrogens is 817 g/mol. The van der Waals surface area contributed by atoms with E-state index in [4.69, 9.17) is 14.2 Å². The van der Waals surface area contributed by atoms with Crippen LogP contribution in [0.3, 0.4) is 0 Å². The van der Waals surface area contributed by atoms with Crippen LogP contribution in [0, 0.1) is 11.8 Å². The van der Waals surface area contributed by atoms with Gasteiger partial charge in [0.05, 0.1) is 0 Å². The van der Waals surface area contributed by atoms with Crippen LogP contribution in [-0.2, 0) is 28.6 Å². The SMILES string of the molecule is CCCCCCCCCCCCCCCCCCC(=O)OC[C@H](COC(=O)CCCCCCCCCCCCCCC(C)C)OC(=O)CCCCCCCCCCCCCCCCC(C)C. The lowest BCUT2D eigenvalue weighted by atomic mass is 10.0. The van der Waals surface area contributed by atoms with E-state index in [0.29, 0.717) is 19.3 Å². The molecule has 0 aliphatic carbocycles. The Hall–Kier alpha value is -1.59. The third-order valence-corrected chi connectivity index (χ3v) is 13.7. The number of hydrogen-bond acceptors (Lipinski definition) is 6. The topological polar surface area (TPSA) is 78.9 Å². The molecular formula is C60H116O6. The lowest BCUT2D eigenvalue weighted by Gasteiger charge is -2.18. The van der Waals surface area contributed by atoms with E-state index in [-0.39, 0.29) is 31.1 Å². The molecule has 0 rings (SSSR count). The second kappa shape index (κ2) is 52.8. The van der Waals surface area contributed by atoms with Gasteiger partial charge in [-0.25, -0.2) is 0 Å². The maximum absolute atomic E-state index is 12.9. The molecule has 0 saturated carbocycles. The van der Waals surface area contributed by atoms with E-state index in [1.54, 1.807) is 0 Å². The highest BCUT2D eigenvalue weighted by Gasteiger charge is 2.19. The minimum Gasteiger partial charge on any atom is -0.462 e. The van der Waals surface area contributed by atoms with Crippen molar-refractivity contribution in [3.8, 4) is 0 Å². The zero-order valence-corrected chi connectivity index (χ0v) is 45.3. The smallest absolute Gasteiger partial charge is 0.306 e. The van der Waals surface area contributed by atoms with Gasteiger partial charge in [-0.15, -0.1) is 0 Å². The maximum Gasteiger partial charge on any atom is 0.306 e. The number of esters is 3. The monoisotopic (exact) mass is 933 g/mol. The first-order valence-electron chi connectivity index (χ1n) is 29.7. The molecule has 0 amide bonds. The molecule has 0 fully saturated rings. The summed E-state index contributed by atoms with van der Waals surface area (Å²) in [7, 11) is 0. The predicted molar refractivity (Wildman–Crippen MR) is 284 cm³/mol. The van der Waals surface area contributed by atoms with Crippen molar-refractivity contribution in [3.05, 3.63) is 0 Å². The van der Waals surface area contributed by atoms with E-state index >= 15 is 0 Å². The van der Waals surface area contributed by atoms with Crippen LogP contribution < -0.4 is 0 Å². The summed E-state index contributed by atoms with van der Waals surface area (Å²) in [6.45, 7) is 11.4. The molecule has 6 nitrogen and oxygen atoms in total. The first kappa shape index (κ1) is 64.4. The van der Waals surface area contributed by atoms with Crippen molar-refractivity contribution in [2.24, 2.45) is 11.8 Å². The lowest BCUT2D eigenvalue weighted by molar-refractivity contribution is -0.167. The van der Waals surface area contributed by atoms with Gasteiger partial charge in [0.1, 0.15) is 13.2 Å². The molecule has 0 spiro atoms. The summed E-state index contributed by atoms with van der Waals surface area (Å²) in [5.41, 5.74) is 0. The van der Waals surface area contributed by atoms with Crippen molar-refractivity contribution in [2.45, 2.75) is 343 Å². The van der Waals surface area contributed by atoms with Gasteiger partial charge in [-0.2, -0.15) is 0 Å². The molecule has 0 N–H and O–H groups in total. The van der Waals surface area contributed by atoms with Gasteiger partial charge in [0.2, 0.25) is 0 Å². The molecule has 0 aromatic heterocycles. The van der Waals surface area contributed by atoms with E-state index in [1.165, 1.54) is 225 Å². The molecule has 0 aliphatic rings. The minimum atomic E-state index is -0.763. The second-order valence-corrected chi connectivity index (χ2v) is 21.6. The highest BCUT2D eigenvalue weighted by Crippen LogP contribution is 2.18. The lowest BCUT2D eigenvalue weighted by Crippen LogP contribution is -2.30. The normalized spacial score (nSPS) is 12.0. The van der Waals surface area contributed by atoms with Crippen LogP contribution in [0.15, 0.2) is 0 Å². The van der Waals surface area contributed by atoms with Gasteiger partial charge in [0, 0.05) is 19.3 Å². The fourth-order valence-electron chi connectivity index (χ4n) is 9.23. The van der Waals surface area contributed by atoms with E-state index < -0.39 is 6.10 Å². The minimum absolute atomic E-state index is 0.0624. The third-order valence-electron chi connectivity index (χ3n) is 13.7. The van der Waals surface area contributed by atoms with Crippen LogP contribution in [0.25, 0.3) is 0 Å². The van der Waals surface area contributed by atoms with Gasteiger partial charge in [-0.1, -0.05) is 298 Å². The average molecular weight is 934 g/mol. The van der Waals surface area contributed by atoms with Crippen molar-refractivity contribution in [2.75, 3.05) is 13.2 Å². The Balaban J connectivity index is 4.30. The summed E-state index contributed by atoms with van der Waals surface area (Å²) in [5.74, 6) is 0.841. The standard InChI is InChI=1S/C60H116O6/c1-6-7-8-9-10-11-12-13-14-15-19-25-30-35-40-45-50-58(61)64-53-57(54-65-59(62)51-46-41-36-31-26-22-21-24-29-34-39-44-49-56(4)5)66-60(63)52-47-42-37-32-27-20-17-16-18-23-28-33-38-43-48-55(2)3/h55-57H,6-54H2,1-5H3/t57-/m1/s1. The zero-order chi connectivity index (χ0) is 48.2. The summed E-state index contributed by atoms with van der Waals surface area (Å²) in [6.07, 6.45) is 56.6. The number of ether oxygens (including phenoxy) is 3. The summed E-state index contributed by atoms with van der Waals surface area (Å²) < 4.78 is 16.9. The summed E-state index contributed by atoms with van der Waals surface area (Å²) >= 11 is 0. The number of carbonyl (C=O) groups is 3. The summed E-state index contributed by atoms with van der Waals surface area (Å²) in [5, 5.41) is 0. The van der Waals surface area contributed by atoms with Crippen molar-refractivity contribution in [3.63, 3.8) is 0 Å². The predicted octanol–water partition coefficient (Wildman–Crippen LogP) is 19.7. The number of unbranched alkanes of at least 4 members (excludes halogenated alkanes) is 39. The first-order chi connectivity index (χ1) is 32.2. The molecule has 0 heterocycles. The molecule has 1 atom stereocenters. The Labute approximate surface area is 412 Å². The highest BCUT2D eigenvalue weighted by molar-refractivity contribution is 5.71. The van der Waals surface area contributed by atoms with Gasteiger partial charge in [0.15, 0.2) is 6.10 Å². The van der Waals surface area contributed by atoms with Gasteiger partial charge >= 0.3 is 17.9 Å². The van der Waals surface area contributed by atoms with Crippen molar-refractivity contribution < 1.29 is 28.6 Å². The molecule has 0 bridgehead atoms. The van der Waals surface area contributed by atoms with Crippen LogP contribution >= 0.6 is 0 Å². The Morgan fingerprint density at radius 2 is 0.500 bits per heavy atom. The van der Waals surface area contributed by atoms with Crippen molar-refractivity contribution >= 4 is 17.9 Å². The Morgan fingerprint density at radius 1 is 0.288 bits per heavy atom. The molecule has 0 radical (unpaired) electrons. The molecule has 0 aromatic rings. The van der Waals surface area contributed by atoms with Gasteiger partial charge in [-0.05, 0) is 31.1 Å². The second-order valence-electron chi connectivity index (χ2n) is 21.6. The van der Waals surface area contributed by atoms with Crippen molar-refractivity contribution in [1.82, 2.24) is 0 Å².